The van der Waals surface area contributed by atoms with Gasteiger partial charge in [-0.2, -0.15) is 0 Å². The molecule has 2 unspecified atom stereocenters. The van der Waals surface area contributed by atoms with Crippen LogP contribution in [0.25, 0.3) is 11.2 Å². The Bertz CT molecular complexity index is 529. The minimum absolute atomic E-state index is 0.102. The molecule has 1 aliphatic heterocycles. The quantitative estimate of drug-likeness (QED) is 0.728. The highest BCUT2D eigenvalue weighted by atomic mass is 16.5. The summed E-state index contributed by atoms with van der Waals surface area (Å²) in [6.45, 7) is -0.102. The van der Waals surface area contributed by atoms with E-state index < -0.39 is 12.3 Å². The van der Waals surface area contributed by atoms with Crippen LogP contribution in [-0.4, -0.2) is 48.5 Å². The Morgan fingerprint density at radius 3 is 3.12 bits per heavy atom. The Balaban J connectivity index is 1.99. The van der Waals surface area contributed by atoms with Gasteiger partial charge in [-0.25, -0.2) is 15.0 Å². The molecule has 1 saturated heterocycles. The number of aromatic nitrogens is 4. The Kier molecular flexibility index (Phi) is 2.50. The standard InChI is InChI=1S/C10H12N4O3/c15-3-6-1-8(16)10(17-6)14-5-13-7-2-11-4-12-9(7)14/h2,4-6,8,10,15-16H,1,3H2/t6-,8?,10?/m0/s1. The molecule has 0 bridgehead atoms. The summed E-state index contributed by atoms with van der Waals surface area (Å²) in [5.41, 5.74) is 1.26. The van der Waals surface area contributed by atoms with E-state index in [0.29, 0.717) is 17.6 Å². The van der Waals surface area contributed by atoms with Crippen LogP contribution in [-0.2, 0) is 4.74 Å². The topological polar surface area (TPSA) is 93.3 Å². The molecule has 1 fully saturated rings. The first kappa shape index (κ1) is 10.6. The number of rotatable bonds is 2. The third-order valence-corrected chi connectivity index (χ3v) is 2.88. The number of aliphatic hydroxyl groups is 2. The molecule has 17 heavy (non-hydrogen) atoms. The Hall–Kier alpha value is -1.57. The van der Waals surface area contributed by atoms with Crippen LogP contribution in [0.2, 0.25) is 0 Å². The van der Waals surface area contributed by atoms with E-state index in [9.17, 15) is 5.11 Å². The first-order valence-corrected chi connectivity index (χ1v) is 5.36. The van der Waals surface area contributed by atoms with Crippen LogP contribution in [0.3, 0.4) is 0 Å². The van der Waals surface area contributed by atoms with Crippen LogP contribution in [0.5, 0.6) is 0 Å². The second-order valence-electron chi connectivity index (χ2n) is 4.02. The van der Waals surface area contributed by atoms with Crippen molar-refractivity contribution in [1.29, 1.82) is 0 Å². The molecule has 3 atom stereocenters. The number of ether oxygens (including phenoxy) is 1. The summed E-state index contributed by atoms with van der Waals surface area (Å²) in [5, 5.41) is 18.9. The van der Waals surface area contributed by atoms with Crippen molar-refractivity contribution in [3.05, 3.63) is 18.9 Å². The van der Waals surface area contributed by atoms with Crippen molar-refractivity contribution in [2.24, 2.45) is 0 Å². The maximum atomic E-state index is 9.89. The predicted octanol–water partition coefficient (Wildman–Crippen LogP) is -0.533. The summed E-state index contributed by atoms with van der Waals surface area (Å²) >= 11 is 0. The smallest absolute Gasteiger partial charge is 0.165 e. The van der Waals surface area contributed by atoms with Crippen molar-refractivity contribution in [1.82, 2.24) is 19.5 Å². The van der Waals surface area contributed by atoms with E-state index in [4.69, 9.17) is 9.84 Å². The maximum absolute atomic E-state index is 9.89. The molecule has 0 amide bonds. The highest BCUT2D eigenvalue weighted by molar-refractivity contribution is 5.68. The lowest BCUT2D eigenvalue weighted by Gasteiger charge is -2.16. The third kappa shape index (κ3) is 1.68. The largest absolute Gasteiger partial charge is 0.394 e. The van der Waals surface area contributed by atoms with Gasteiger partial charge in [0.2, 0.25) is 0 Å². The molecule has 3 heterocycles. The molecule has 7 nitrogen and oxygen atoms in total. The van der Waals surface area contributed by atoms with E-state index in [2.05, 4.69) is 15.0 Å². The van der Waals surface area contributed by atoms with Crippen LogP contribution >= 0.6 is 0 Å². The van der Waals surface area contributed by atoms with Crippen molar-refractivity contribution in [3.63, 3.8) is 0 Å². The van der Waals surface area contributed by atoms with Gasteiger partial charge in [0, 0.05) is 6.42 Å². The monoisotopic (exact) mass is 236 g/mol. The molecule has 0 saturated carbocycles. The third-order valence-electron chi connectivity index (χ3n) is 2.88. The molecule has 2 aromatic rings. The number of fused-ring (bicyclic) bond motifs is 1. The zero-order valence-corrected chi connectivity index (χ0v) is 8.97. The fourth-order valence-electron chi connectivity index (χ4n) is 2.07. The highest BCUT2D eigenvalue weighted by Gasteiger charge is 2.35. The van der Waals surface area contributed by atoms with E-state index in [1.165, 1.54) is 6.33 Å². The first-order valence-electron chi connectivity index (χ1n) is 5.36. The van der Waals surface area contributed by atoms with Gasteiger partial charge in [0.15, 0.2) is 11.9 Å². The fourth-order valence-corrected chi connectivity index (χ4v) is 2.07. The summed E-state index contributed by atoms with van der Waals surface area (Å²) in [6.07, 6.45) is 3.44. The summed E-state index contributed by atoms with van der Waals surface area (Å²) in [4.78, 5) is 12.1. The molecule has 0 aromatic carbocycles. The molecule has 1 aliphatic rings. The summed E-state index contributed by atoms with van der Waals surface area (Å²) in [5.74, 6) is 0. The van der Waals surface area contributed by atoms with Gasteiger partial charge in [0.05, 0.1) is 25.2 Å². The van der Waals surface area contributed by atoms with E-state index in [0.717, 1.165) is 0 Å². The van der Waals surface area contributed by atoms with Crippen LogP contribution in [0, 0.1) is 0 Å². The zero-order valence-electron chi connectivity index (χ0n) is 8.97. The lowest BCUT2D eigenvalue weighted by molar-refractivity contribution is -0.0486. The van der Waals surface area contributed by atoms with Gasteiger partial charge < -0.3 is 14.9 Å². The van der Waals surface area contributed by atoms with Gasteiger partial charge in [0.1, 0.15) is 17.9 Å². The number of hydrogen-bond donors (Lipinski definition) is 2. The molecule has 0 radical (unpaired) electrons. The van der Waals surface area contributed by atoms with Crippen molar-refractivity contribution >= 4 is 11.2 Å². The average molecular weight is 236 g/mol. The van der Waals surface area contributed by atoms with E-state index in [1.54, 1.807) is 17.1 Å². The van der Waals surface area contributed by atoms with Crippen LogP contribution < -0.4 is 0 Å². The maximum Gasteiger partial charge on any atom is 0.165 e. The molecular weight excluding hydrogens is 224 g/mol. The predicted molar refractivity (Wildman–Crippen MR) is 56.9 cm³/mol. The van der Waals surface area contributed by atoms with Crippen molar-refractivity contribution in [3.8, 4) is 0 Å². The second kappa shape index (κ2) is 4.02. The molecular formula is C10H12N4O3. The number of hydrogen-bond acceptors (Lipinski definition) is 6. The normalized spacial score (nSPS) is 28.9. The van der Waals surface area contributed by atoms with E-state index in [1.807, 2.05) is 0 Å². The lowest BCUT2D eigenvalue weighted by Crippen LogP contribution is -2.19. The van der Waals surface area contributed by atoms with Gasteiger partial charge in [-0.1, -0.05) is 0 Å². The summed E-state index contributed by atoms with van der Waals surface area (Å²) in [7, 11) is 0. The zero-order chi connectivity index (χ0) is 11.8. The van der Waals surface area contributed by atoms with E-state index >= 15 is 0 Å². The molecule has 2 N–H and O–H groups in total. The number of aliphatic hydroxyl groups excluding tert-OH is 2. The molecule has 0 spiro atoms. The molecule has 90 valence electrons. The van der Waals surface area contributed by atoms with Gasteiger partial charge >= 0.3 is 0 Å². The Labute approximate surface area is 96.7 Å². The molecule has 7 heteroatoms. The fraction of sp³-hybridized carbons (Fsp3) is 0.500. The minimum Gasteiger partial charge on any atom is -0.394 e. The highest BCUT2D eigenvalue weighted by Crippen LogP contribution is 2.30. The SMILES string of the molecule is OC[C@@H]1CC(O)C(n2cnc3cncnc32)O1. The van der Waals surface area contributed by atoms with Crippen LogP contribution in [0.1, 0.15) is 12.6 Å². The van der Waals surface area contributed by atoms with Gasteiger partial charge in [0.25, 0.3) is 0 Å². The van der Waals surface area contributed by atoms with Gasteiger partial charge in [-0.3, -0.25) is 4.57 Å². The summed E-state index contributed by atoms with van der Waals surface area (Å²) < 4.78 is 7.20. The van der Waals surface area contributed by atoms with Gasteiger partial charge in [-0.15, -0.1) is 0 Å². The average Bonchev–Trinajstić information content (AvgIpc) is 2.92. The van der Waals surface area contributed by atoms with Crippen LogP contribution in [0.15, 0.2) is 18.9 Å². The summed E-state index contributed by atoms with van der Waals surface area (Å²) in [6, 6.07) is 0. The Morgan fingerprint density at radius 1 is 1.47 bits per heavy atom. The molecule has 2 aromatic heterocycles. The number of nitrogens with zero attached hydrogens (tertiary/aromatic N) is 4. The van der Waals surface area contributed by atoms with Gasteiger partial charge in [-0.05, 0) is 0 Å². The number of imidazole rings is 1. The van der Waals surface area contributed by atoms with E-state index in [-0.39, 0.29) is 12.7 Å². The van der Waals surface area contributed by atoms with Crippen LogP contribution in [0.4, 0.5) is 0 Å². The van der Waals surface area contributed by atoms with Crippen molar-refractivity contribution in [2.45, 2.75) is 24.9 Å². The molecule has 3 rings (SSSR count). The second-order valence-corrected chi connectivity index (χ2v) is 4.02. The lowest BCUT2D eigenvalue weighted by atomic mass is 10.2. The first-order chi connectivity index (χ1) is 8.29. The van der Waals surface area contributed by atoms with Crippen molar-refractivity contribution < 1.29 is 14.9 Å². The Morgan fingerprint density at radius 2 is 2.35 bits per heavy atom. The van der Waals surface area contributed by atoms with Crippen molar-refractivity contribution in [2.75, 3.05) is 6.61 Å². The molecule has 0 aliphatic carbocycles. The minimum atomic E-state index is -0.667.